The highest BCUT2D eigenvalue weighted by Gasteiger charge is 2.33. The highest BCUT2D eigenvalue weighted by molar-refractivity contribution is 5.20. The second-order valence-corrected chi connectivity index (χ2v) is 5.99. The van der Waals surface area contributed by atoms with Crippen LogP contribution in [-0.2, 0) is 0 Å². The molecule has 0 aliphatic heterocycles. The maximum atomic E-state index is 13.6. The molecule has 0 spiro atoms. The summed E-state index contributed by atoms with van der Waals surface area (Å²) in [5.74, 6) is -0.0981. The highest BCUT2D eigenvalue weighted by Crippen LogP contribution is 2.43. The number of hydrogen-bond acceptors (Lipinski definition) is 1. The smallest absolute Gasteiger partial charge is 0.129 e. The molecule has 1 aromatic carbocycles. The molecule has 0 heterocycles. The minimum absolute atomic E-state index is 0.190. The van der Waals surface area contributed by atoms with Gasteiger partial charge in [-0.1, -0.05) is 38.5 Å². The Kier molecular flexibility index (Phi) is 3.53. The van der Waals surface area contributed by atoms with E-state index in [4.69, 9.17) is 0 Å². The van der Waals surface area contributed by atoms with Gasteiger partial charge in [0.15, 0.2) is 0 Å². The zero-order valence-corrected chi connectivity index (χ0v) is 10.6. The Morgan fingerprint density at radius 3 is 2.71 bits per heavy atom. The molecule has 1 aliphatic carbocycles. The lowest BCUT2D eigenvalue weighted by molar-refractivity contribution is 0.0437. The molecule has 2 heteroatoms. The van der Waals surface area contributed by atoms with Crippen LogP contribution in [0.25, 0.3) is 0 Å². The van der Waals surface area contributed by atoms with Gasteiger partial charge in [-0.25, -0.2) is 4.39 Å². The molecule has 1 fully saturated rings. The number of rotatable bonds is 2. The minimum atomic E-state index is -0.657. The lowest BCUT2D eigenvalue weighted by Crippen LogP contribution is -2.27. The van der Waals surface area contributed by atoms with Crippen molar-refractivity contribution in [2.45, 2.75) is 45.6 Å². The molecule has 1 nitrogen and oxygen atoms in total. The number of benzene rings is 1. The van der Waals surface area contributed by atoms with Crippen LogP contribution in [0.15, 0.2) is 24.3 Å². The van der Waals surface area contributed by atoms with Crippen molar-refractivity contribution in [1.29, 1.82) is 0 Å². The molecule has 1 aromatic rings. The van der Waals surface area contributed by atoms with Crippen molar-refractivity contribution in [3.63, 3.8) is 0 Å². The first-order valence-corrected chi connectivity index (χ1v) is 6.42. The summed E-state index contributed by atoms with van der Waals surface area (Å²) in [5, 5.41) is 10.3. The fourth-order valence-electron chi connectivity index (χ4n) is 3.00. The van der Waals surface area contributed by atoms with E-state index in [9.17, 15) is 9.50 Å². The summed E-state index contributed by atoms with van der Waals surface area (Å²) in [6.45, 7) is 4.46. The predicted octanol–water partition coefficient (Wildman–Crippen LogP) is 4.08. The fraction of sp³-hybridized carbons (Fsp3) is 0.600. The third kappa shape index (κ3) is 2.86. The first kappa shape index (κ1) is 12.6. The van der Waals surface area contributed by atoms with Crippen molar-refractivity contribution in [3.8, 4) is 0 Å². The lowest BCUT2D eigenvalue weighted by atomic mass is 9.70. The topological polar surface area (TPSA) is 20.2 Å². The average Bonchev–Trinajstić information content (AvgIpc) is 2.27. The summed E-state index contributed by atoms with van der Waals surface area (Å²) in [4.78, 5) is 0. The quantitative estimate of drug-likeness (QED) is 0.820. The van der Waals surface area contributed by atoms with E-state index in [1.165, 1.54) is 12.5 Å². The average molecular weight is 236 g/mol. The first-order valence-electron chi connectivity index (χ1n) is 6.42. The van der Waals surface area contributed by atoms with Gasteiger partial charge in [0.05, 0.1) is 6.10 Å². The molecule has 1 aliphatic rings. The third-order valence-electron chi connectivity index (χ3n) is 3.91. The Hall–Kier alpha value is -0.890. The molecule has 0 saturated heterocycles. The summed E-state index contributed by atoms with van der Waals surface area (Å²) in [5.41, 5.74) is 0.727. The second-order valence-electron chi connectivity index (χ2n) is 5.99. The van der Waals surface area contributed by atoms with Gasteiger partial charge < -0.3 is 5.11 Å². The molecule has 0 aromatic heterocycles. The van der Waals surface area contributed by atoms with Gasteiger partial charge in [-0.3, -0.25) is 0 Å². The molecule has 0 bridgehead atoms. The maximum absolute atomic E-state index is 13.6. The predicted molar refractivity (Wildman–Crippen MR) is 67.1 cm³/mol. The van der Waals surface area contributed by atoms with Gasteiger partial charge in [-0.05, 0) is 36.7 Å². The van der Waals surface area contributed by atoms with Crippen molar-refractivity contribution >= 4 is 0 Å². The van der Waals surface area contributed by atoms with Crippen molar-refractivity contribution in [2.75, 3.05) is 0 Å². The number of aliphatic hydroxyl groups excluding tert-OH is 1. The van der Waals surface area contributed by atoms with Crippen LogP contribution in [0.2, 0.25) is 0 Å². The van der Waals surface area contributed by atoms with E-state index < -0.39 is 6.10 Å². The third-order valence-corrected chi connectivity index (χ3v) is 3.91. The molecule has 17 heavy (non-hydrogen) atoms. The van der Waals surface area contributed by atoms with Gasteiger partial charge in [0.25, 0.3) is 0 Å². The summed E-state index contributed by atoms with van der Waals surface area (Å²) in [6, 6.07) is 6.57. The molecule has 0 amide bonds. The van der Waals surface area contributed by atoms with Crippen LogP contribution in [-0.4, -0.2) is 5.11 Å². The molecule has 1 saturated carbocycles. The second kappa shape index (κ2) is 4.77. The van der Waals surface area contributed by atoms with E-state index in [-0.39, 0.29) is 17.2 Å². The summed E-state index contributed by atoms with van der Waals surface area (Å²) >= 11 is 0. The highest BCUT2D eigenvalue weighted by atomic mass is 19.1. The molecule has 2 rings (SSSR count). The van der Waals surface area contributed by atoms with Gasteiger partial charge in [0.2, 0.25) is 0 Å². The number of hydrogen-bond donors (Lipinski definition) is 1. The largest absolute Gasteiger partial charge is 0.388 e. The molecule has 2 atom stereocenters. The molecule has 0 radical (unpaired) electrons. The zero-order valence-electron chi connectivity index (χ0n) is 10.6. The monoisotopic (exact) mass is 236 g/mol. The normalized spacial score (nSPS) is 25.5. The van der Waals surface area contributed by atoms with Gasteiger partial charge in [-0.2, -0.15) is 0 Å². The lowest BCUT2D eigenvalue weighted by Gasteiger charge is -2.37. The van der Waals surface area contributed by atoms with Crippen LogP contribution in [0.1, 0.15) is 51.2 Å². The van der Waals surface area contributed by atoms with Crippen LogP contribution in [0.3, 0.4) is 0 Å². The molecule has 0 unspecified atom stereocenters. The molecule has 94 valence electrons. The Morgan fingerprint density at radius 1 is 1.35 bits per heavy atom. The standard InChI is InChI=1S/C15H21FO/c1-15(2)9-5-6-11(10-15)14(17)12-7-3-4-8-13(12)16/h3-4,7-8,11,14,17H,5-6,9-10H2,1-2H3/t11-,14-/m1/s1. The van der Waals surface area contributed by atoms with Crippen LogP contribution in [0.5, 0.6) is 0 Å². The van der Waals surface area contributed by atoms with Gasteiger partial charge >= 0.3 is 0 Å². The van der Waals surface area contributed by atoms with E-state index >= 15 is 0 Å². The summed E-state index contributed by atoms with van der Waals surface area (Å²) in [6.07, 6.45) is 3.65. The SMILES string of the molecule is CC1(C)CCC[C@@H]([C@@H](O)c2ccccc2F)C1. The Labute approximate surface area is 103 Å². The first-order chi connectivity index (χ1) is 7.99. The Bertz CT molecular complexity index is 386. The zero-order chi connectivity index (χ0) is 12.5. The van der Waals surface area contributed by atoms with Crippen LogP contribution in [0, 0.1) is 17.2 Å². The van der Waals surface area contributed by atoms with Crippen LogP contribution < -0.4 is 0 Å². The molecule has 1 N–H and O–H groups in total. The van der Waals surface area contributed by atoms with E-state index in [1.54, 1.807) is 18.2 Å². The molecular weight excluding hydrogens is 215 g/mol. The Morgan fingerprint density at radius 2 is 2.06 bits per heavy atom. The van der Waals surface area contributed by atoms with Gasteiger partial charge in [0, 0.05) is 5.56 Å². The fourth-order valence-corrected chi connectivity index (χ4v) is 3.00. The van der Waals surface area contributed by atoms with Crippen molar-refractivity contribution in [1.82, 2.24) is 0 Å². The van der Waals surface area contributed by atoms with E-state index in [1.807, 2.05) is 0 Å². The minimum Gasteiger partial charge on any atom is -0.388 e. The summed E-state index contributed by atoms with van der Waals surface area (Å²) < 4.78 is 13.6. The van der Waals surface area contributed by atoms with Crippen molar-refractivity contribution in [2.24, 2.45) is 11.3 Å². The van der Waals surface area contributed by atoms with Gasteiger partial charge in [-0.15, -0.1) is 0 Å². The van der Waals surface area contributed by atoms with E-state index in [0.717, 1.165) is 19.3 Å². The maximum Gasteiger partial charge on any atom is 0.129 e. The summed E-state index contributed by atoms with van der Waals surface area (Å²) in [7, 11) is 0. The van der Waals surface area contributed by atoms with Crippen molar-refractivity contribution in [3.05, 3.63) is 35.6 Å². The Balaban J connectivity index is 2.15. The van der Waals surface area contributed by atoms with Crippen LogP contribution >= 0.6 is 0 Å². The number of aliphatic hydroxyl groups is 1. The number of halogens is 1. The van der Waals surface area contributed by atoms with Gasteiger partial charge in [0.1, 0.15) is 5.82 Å². The van der Waals surface area contributed by atoms with E-state index in [2.05, 4.69) is 13.8 Å². The molecular formula is C15H21FO. The van der Waals surface area contributed by atoms with Crippen molar-refractivity contribution < 1.29 is 9.50 Å². The van der Waals surface area contributed by atoms with E-state index in [0.29, 0.717) is 5.56 Å². The van der Waals surface area contributed by atoms with Crippen LogP contribution in [0.4, 0.5) is 4.39 Å².